The van der Waals surface area contributed by atoms with E-state index in [1.165, 1.54) is 5.56 Å². The van der Waals surface area contributed by atoms with Gasteiger partial charge in [-0.25, -0.2) is 9.97 Å². The molecule has 1 atom stereocenters. The molecular formula is C22H25N3O3. The summed E-state index contributed by atoms with van der Waals surface area (Å²) >= 11 is 0. The van der Waals surface area contributed by atoms with Gasteiger partial charge in [-0.1, -0.05) is 23.8 Å². The Morgan fingerprint density at radius 3 is 2.64 bits per heavy atom. The van der Waals surface area contributed by atoms with Crippen LogP contribution >= 0.6 is 0 Å². The summed E-state index contributed by atoms with van der Waals surface area (Å²) in [6, 6.07) is 12.0. The molecule has 3 aromatic rings. The molecule has 28 heavy (non-hydrogen) atoms. The molecule has 0 radical (unpaired) electrons. The molecule has 146 valence electrons. The first-order valence-electron chi connectivity index (χ1n) is 9.54. The fourth-order valence-electron chi connectivity index (χ4n) is 3.52. The van der Waals surface area contributed by atoms with Crippen LogP contribution in [0.3, 0.4) is 0 Å². The van der Waals surface area contributed by atoms with E-state index in [1.807, 2.05) is 24.3 Å². The lowest BCUT2D eigenvalue weighted by Gasteiger charge is -2.16. The van der Waals surface area contributed by atoms with Gasteiger partial charge in [-0.15, -0.1) is 0 Å². The lowest BCUT2D eigenvalue weighted by Crippen LogP contribution is -2.19. The monoisotopic (exact) mass is 379 g/mol. The van der Waals surface area contributed by atoms with Crippen LogP contribution in [-0.2, 0) is 4.74 Å². The maximum atomic E-state index is 5.75. The van der Waals surface area contributed by atoms with Gasteiger partial charge in [0.05, 0.1) is 25.8 Å². The minimum atomic E-state index is 0.215. The normalized spacial score (nSPS) is 16.3. The zero-order valence-corrected chi connectivity index (χ0v) is 16.5. The fourth-order valence-corrected chi connectivity index (χ4v) is 3.52. The molecule has 4 rings (SSSR count). The topological polar surface area (TPSA) is 65.5 Å². The molecule has 6 nitrogen and oxygen atoms in total. The Balaban J connectivity index is 1.81. The molecule has 1 fully saturated rings. The van der Waals surface area contributed by atoms with Gasteiger partial charge in [-0.2, -0.15) is 0 Å². The number of ether oxygens (including phenoxy) is 3. The molecule has 1 aliphatic heterocycles. The van der Waals surface area contributed by atoms with Crippen LogP contribution in [0, 0.1) is 6.92 Å². The van der Waals surface area contributed by atoms with E-state index in [9.17, 15) is 0 Å². The van der Waals surface area contributed by atoms with Crippen LogP contribution in [0.15, 0.2) is 36.4 Å². The average molecular weight is 379 g/mol. The maximum absolute atomic E-state index is 5.75. The highest BCUT2D eigenvalue weighted by atomic mass is 16.5. The number of nitrogens with zero attached hydrogens (tertiary/aromatic N) is 2. The van der Waals surface area contributed by atoms with Crippen molar-refractivity contribution in [3.05, 3.63) is 42.0 Å². The largest absolute Gasteiger partial charge is 0.493 e. The van der Waals surface area contributed by atoms with E-state index in [1.54, 1.807) is 14.2 Å². The van der Waals surface area contributed by atoms with Crippen LogP contribution in [0.4, 0.5) is 5.82 Å². The molecule has 6 heteroatoms. The molecule has 0 spiro atoms. The highest BCUT2D eigenvalue weighted by molar-refractivity contribution is 5.93. The molecule has 1 N–H and O–H groups in total. The number of methoxy groups -OCH3 is 2. The standard InChI is InChI=1S/C22H25N3O3/c1-14-6-4-7-15(10-14)21-24-18-12-20(27-3)19(26-2)11-17(18)22(25-21)23-13-16-8-5-9-28-16/h4,6-7,10-12,16H,5,8-9,13H2,1-3H3,(H,23,24,25). The number of aryl methyl sites for hydroxylation is 1. The van der Waals surface area contributed by atoms with Gasteiger partial charge in [-0.3, -0.25) is 0 Å². The summed E-state index contributed by atoms with van der Waals surface area (Å²) < 4.78 is 16.7. The van der Waals surface area contributed by atoms with Crippen molar-refractivity contribution in [2.75, 3.05) is 32.7 Å². The van der Waals surface area contributed by atoms with Gasteiger partial charge in [0.2, 0.25) is 0 Å². The molecule has 1 saturated heterocycles. The number of rotatable bonds is 6. The third-order valence-corrected chi connectivity index (χ3v) is 5.00. The number of nitrogens with one attached hydrogen (secondary N) is 1. The van der Waals surface area contributed by atoms with Crippen LogP contribution in [0.1, 0.15) is 18.4 Å². The summed E-state index contributed by atoms with van der Waals surface area (Å²) in [5.74, 6) is 2.76. The van der Waals surface area contributed by atoms with Gasteiger partial charge in [-0.05, 0) is 31.9 Å². The Morgan fingerprint density at radius 1 is 1.11 bits per heavy atom. The van der Waals surface area contributed by atoms with Gasteiger partial charge in [0.25, 0.3) is 0 Å². The molecule has 0 aliphatic carbocycles. The fraction of sp³-hybridized carbons (Fsp3) is 0.364. The number of aromatic nitrogens is 2. The average Bonchev–Trinajstić information content (AvgIpc) is 3.24. The molecule has 2 heterocycles. The van der Waals surface area contributed by atoms with E-state index >= 15 is 0 Å². The molecule has 0 amide bonds. The van der Waals surface area contributed by atoms with Crippen molar-refractivity contribution >= 4 is 16.7 Å². The van der Waals surface area contributed by atoms with Gasteiger partial charge in [0.1, 0.15) is 5.82 Å². The zero-order chi connectivity index (χ0) is 19.5. The molecule has 0 bridgehead atoms. The van der Waals surface area contributed by atoms with Gasteiger partial charge >= 0.3 is 0 Å². The zero-order valence-electron chi connectivity index (χ0n) is 16.5. The summed E-state index contributed by atoms with van der Waals surface area (Å²) in [4.78, 5) is 9.62. The smallest absolute Gasteiger partial charge is 0.162 e. The van der Waals surface area contributed by atoms with E-state index in [0.717, 1.165) is 41.7 Å². The van der Waals surface area contributed by atoms with Crippen molar-refractivity contribution < 1.29 is 14.2 Å². The first-order valence-corrected chi connectivity index (χ1v) is 9.54. The summed E-state index contributed by atoms with van der Waals surface area (Å²) in [6.45, 7) is 3.61. The first kappa shape index (κ1) is 18.5. The van der Waals surface area contributed by atoms with Crippen LogP contribution in [0.25, 0.3) is 22.3 Å². The Hall–Kier alpha value is -2.86. The number of fused-ring (bicyclic) bond motifs is 1. The Labute approximate surface area is 164 Å². The van der Waals surface area contributed by atoms with Crippen molar-refractivity contribution in [2.24, 2.45) is 0 Å². The molecule has 1 unspecified atom stereocenters. The number of hydrogen-bond acceptors (Lipinski definition) is 6. The molecule has 2 aromatic carbocycles. The maximum Gasteiger partial charge on any atom is 0.162 e. The highest BCUT2D eigenvalue weighted by Crippen LogP contribution is 2.35. The lowest BCUT2D eigenvalue weighted by atomic mass is 10.1. The second kappa shape index (κ2) is 8.02. The second-order valence-electron chi connectivity index (χ2n) is 7.01. The van der Waals surface area contributed by atoms with Gasteiger partial charge < -0.3 is 19.5 Å². The quantitative estimate of drug-likeness (QED) is 0.692. The Morgan fingerprint density at radius 2 is 1.93 bits per heavy atom. The predicted octanol–water partition coefficient (Wildman–Crippen LogP) is 4.21. The lowest BCUT2D eigenvalue weighted by molar-refractivity contribution is 0.120. The van der Waals surface area contributed by atoms with E-state index < -0.39 is 0 Å². The van der Waals surface area contributed by atoms with Crippen molar-refractivity contribution in [1.29, 1.82) is 0 Å². The van der Waals surface area contributed by atoms with E-state index in [0.29, 0.717) is 23.9 Å². The van der Waals surface area contributed by atoms with Crippen LogP contribution in [-0.4, -0.2) is 43.4 Å². The van der Waals surface area contributed by atoms with Crippen molar-refractivity contribution in [2.45, 2.75) is 25.9 Å². The van der Waals surface area contributed by atoms with Crippen LogP contribution in [0.5, 0.6) is 11.5 Å². The summed E-state index contributed by atoms with van der Waals surface area (Å²) in [6.07, 6.45) is 2.39. The van der Waals surface area contributed by atoms with Crippen molar-refractivity contribution in [3.63, 3.8) is 0 Å². The third-order valence-electron chi connectivity index (χ3n) is 5.00. The van der Waals surface area contributed by atoms with Gasteiger partial charge in [0.15, 0.2) is 17.3 Å². The predicted molar refractivity (Wildman–Crippen MR) is 110 cm³/mol. The molecular weight excluding hydrogens is 354 g/mol. The van der Waals surface area contributed by atoms with E-state index in [2.05, 4.69) is 24.4 Å². The number of anilines is 1. The SMILES string of the molecule is COc1cc2nc(-c3cccc(C)c3)nc(NCC3CCCO3)c2cc1OC. The summed E-state index contributed by atoms with van der Waals surface area (Å²) in [5, 5.41) is 4.37. The Kier molecular flexibility index (Phi) is 5.30. The highest BCUT2D eigenvalue weighted by Gasteiger charge is 2.18. The van der Waals surface area contributed by atoms with E-state index in [4.69, 9.17) is 24.2 Å². The summed E-state index contributed by atoms with van der Waals surface area (Å²) in [7, 11) is 3.26. The Bertz CT molecular complexity index is 984. The minimum absolute atomic E-state index is 0.215. The number of benzene rings is 2. The van der Waals surface area contributed by atoms with Gasteiger partial charge in [0, 0.05) is 30.2 Å². The second-order valence-corrected chi connectivity index (χ2v) is 7.01. The van der Waals surface area contributed by atoms with Crippen molar-refractivity contribution in [3.8, 4) is 22.9 Å². The molecule has 1 aromatic heterocycles. The minimum Gasteiger partial charge on any atom is -0.493 e. The summed E-state index contributed by atoms with van der Waals surface area (Å²) in [5.41, 5.74) is 2.96. The van der Waals surface area contributed by atoms with E-state index in [-0.39, 0.29) is 6.10 Å². The molecule has 0 saturated carbocycles. The van der Waals surface area contributed by atoms with Crippen LogP contribution in [0.2, 0.25) is 0 Å². The van der Waals surface area contributed by atoms with Crippen molar-refractivity contribution in [1.82, 2.24) is 9.97 Å². The van der Waals surface area contributed by atoms with Crippen LogP contribution < -0.4 is 14.8 Å². The number of hydrogen-bond donors (Lipinski definition) is 1. The third kappa shape index (κ3) is 3.73. The first-order chi connectivity index (χ1) is 13.7. The molecule has 1 aliphatic rings.